The predicted molar refractivity (Wildman–Crippen MR) is 217 cm³/mol. The second-order valence-electron chi connectivity index (χ2n) is 13.8. The maximum absolute atomic E-state index is 14.0. The van der Waals surface area contributed by atoms with Gasteiger partial charge in [-0.05, 0) is 92.7 Å². The minimum absolute atomic E-state index is 0.0283. The van der Waals surface area contributed by atoms with Crippen LogP contribution >= 0.6 is 46.4 Å². The Labute approximate surface area is 342 Å². The number of phenols is 1. The van der Waals surface area contributed by atoms with Gasteiger partial charge in [-0.3, -0.25) is 4.79 Å². The van der Waals surface area contributed by atoms with E-state index in [2.05, 4.69) is 10.1 Å². The third-order valence-electron chi connectivity index (χ3n) is 10.2. The lowest BCUT2D eigenvalue weighted by Gasteiger charge is -2.45. The highest BCUT2D eigenvalue weighted by Gasteiger charge is 2.39. The molecule has 55 heavy (non-hydrogen) atoms. The number of piperidine rings is 1. The number of ether oxygens (including phenoxy) is 1. The molecular formula is C40H47Cl4N5O6. The highest BCUT2D eigenvalue weighted by molar-refractivity contribution is 6.42. The number of benzene rings is 3. The van der Waals surface area contributed by atoms with E-state index in [0.29, 0.717) is 58.8 Å². The summed E-state index contributed by atoms with van der Waals surface area (Å²) in [5.41, 5.74) is 2.75. The van der Waals surface area contributed by atoms with E-state index >= 15 is 0 Å². The van der Waals surface area contributed by atoms with Gasteiger partial charge in [0.1, 0.15) is 18.9 Å². The summed E-state index contributed by atoms with van der Waals surface area (Å²) in [7, 11) is 3.17. The van der Waals surface area contributed by atoms with Gasteiger partial charge in [-0.25, -0.2) is 9.59 Å². The third kappa shape index (κ3) is 11.0. The average molecular weight is 836 g/mol. The number of rotatable bonds is 15. The molecule has 0 radical (unpaired) electrons. The third-order valence-corrected chi connectivity index (χ3v) is 11.7. The molecule has 2 aliphatic heterocycles. The van der Waals surface area contributed by atoms with Crippen molar-refractivity contribution in [2.24, 2.45) is 5.16 Å². The molecule has 11 nitrogen and oxygen atoms in total. The van der Waals surface area contributed by atoms with Crippen molar-refractivity contribution in [2.75, 3.05) is 60.0 Å². The number of urea groups is 1. The number of hydrogen-bond donors (Lipinski definition) is 1. The lowest BCUT2D eigenvalue weighted by atomic mass is 9.89. The number of amides is 3. The van der Waals surface area contributed by atoms with E-state index in [1.807, 2.05) is 17.0 Å². The van der Waals surface area contributed by atoms with E-state index in [4.69, 9.17) is 56.0 Å². The Balaban J connectivity index is 1.25. The number of esters is 1. The first-order valence-electron chi connectivity index (χ1n) is 18.4. The van der Waals surface area contributed by atoms with Crippen LogP contribution in [0.5, 0.6) is 5.75 Å². The molecule has 3 amide bonds. The SMILES string of the molecule is CCOC(=O)[C@H](Cc1ccc(O)cc1)N1CCCN(C2CCN(CC[C@@H](/C(CN(C)C(=O)c3ccc(Cl)c(Cl)c3)=N\OC)c3ccc(Cl)c(Cl)c3)CC2)C1=O. The normalized spacial score (nSPS) is 16.9. The van der Waals surface area contributed by atoms with E-state index in [1.165, 1.54) is 7.11 Å². The van der Waals surface area contributed by atoms with Crippen molar-refractivity contribution in [1.29, 1.82) is 0 Å². The highest BCUT2D eigenvalue weighted by atomic mass is 35.5. The van der Waals surface area contributed by atoms with Gasteiger partial charge in [-0.15, -0.1) is 0 Å². The van der Waals surface area contributed by atoms with E-state index < -0.39 is 12.0 Å². The summed E-state index contributed by atoms with van der Waals surface area (Å²) in [5, 5.41) is 15.7. The van der Waals surface area contributed by atoms with Crippen LogP contribution in [0.2, 0.25) is 20.1 Å². The van der Waals surface area contributed by atoms with Gasteiger partial charge >= 0.3 is 12.0 Å². The van der Waals surface area contributed by atoms with Crippen LogP contribution in [0.25, 0.3) is 0 Å². The summed E-state index contributed by atoms with van der Waals surface area (Å²) >= 11 is 25.1. The van der Waals surface area contributed by atoms with Gasteiger partial charge in [0, 0.05) is 57.2 Å². The molecule has 2 saturated heterocycles. The topological polar surface area (TPSA) is 115 Å². The number of likely N-dealkylation sites (tertiary alicyclic amines) is 1. The van der Waals surface area contributed by atoms with E-state index in [0.717, 1.165) is 43.5 Å². The average Bonchev–Trinajstić information content (AvgIpc) is 3.17. The molecule has 1 N–H and O–H groups in total. The van der Waals surface area contributed by atoms with Gasteiger partial charge in [0.2, 0.25) is 0 Å². The van der Waals surface area contributed by atoms with Crippen molar-refractivity contribution < 1.29 is 29.1 Å². The fourth-order valence-corrected chi connectivity index (χ4v) is 7.92. The fraction of sp³-hybridized carbons (Fsp3) is 0.450. The Kier molecular flexibility index (Phi) is 15.4. The van der Waals surface area contributed by atoms with Crippen molar-refractivity contribution in [2.45, 2.75) is 57.0 Å². The summed E-state index contributed by atoms with van der Waals surface area (Å²) < 4.78 is 5.41. The van der Waals surface area contributed by atoms with Gasteiger partial charge in [-0.1, -0.05) is 69.8 Å². The van der Waals surface area contributed by atoms with Crippen LogP contribution in [-0.4, -0.2) is 120 Å². The summed E-state index contributed by atoms with van der Waals surface area (Å²) in [6.07, 6.45) is 3.24. The van der Waals surface area contributed by atoms with Gasteiger partial charge in [0.05, 0.1) is 39.0 Å². The number of carbonyl (C=O) groups is 3. The van der Waals surface area contributed by atoms with Gasteiger partial charge in [0.15, 0.2) is 0 Å². The largest absolute Gasteiger partial charge is 0.508 e. The van der Waals surface area contributed by atoms with Crippen LogP contribution in [-0.2, 0) is 20.8 Å². The summed E-state index contributed by atoms with van der Waals surface area (Å²) in [6, 6.07) is 16.0. The van der Waals surface area contributed by atoms with Crippen LogP contribution in [0.3, 0.4) is 0 Å². The minimum atomic E-state index is -0.764. The lowest BCUT2D eigenvalue weighted by molar-refractivity contribution is -0.149. The predicted octanol–water partition coefficient (Wildman–Crippen LogP) is 8.02. The van der Waals surface area contributed by atoms with Crippen LogP contribution < -0.4 is 0 Å². The number of aromatic hydroxyl groups is 1. The minimum Gasteiger partial charge on any atom is -0.508 e. The lowest BCUT2D eigenvalue weighted by Crippen LogP contribution is -2.60. The zero-order valence-electron chi connectivity index (χ0n) is 31.2. The molecule has 15 heteroatoms. The van der Waals surface area contributed by atoms with Crippen molar-refractivity contribution in [3.05, 3.63) is 97.4 Å². The zero-order chi connectivity index (χ0) is 39.6. The van der Waals surface area contributed by atoms with Crippen LogP contribution in [0.4, 0.5) is 4.79 Å². The Hall–Kier alpha value is -3.74. The molecular weight excluding hydrogens is 788 g/mol. The maximum Gasteiger partial charge on any atom is 0.329 e. The molecule has 3 aromatic carbocycles. The maximum atomic E-state index is 14.0. The molecule has 5 rings (SSSR count). The number of phenolic OH excluding ortho intramolecular Hbond substituents is 1. The Morgan fingerprint density at radius 3 is 2.24 bits per heavy atom. The number of hydrogen-bond acceptors (Lipinski definition) is 8. The van der Waals surface area contributed by atoms with Crippen molar-refractivity contribution in [3.8, 4) is 5.75 Å². The number of nitrogens with zero attached hydrogens (tertiary/aromatic N) is 5. The number of oxime groups is 1. The van der Waals surface area contributed by atoms with Crippen molar-refractivity contribution in [1.82, 2.24) is 19.6 Å². The smallest absolute Gasteiger partial charge is 0.329 e. The highest BCUT2D eigenvalue weighted by Crippen LogP contribution is 2.31. The van der Waals surface area contributed by atoms with Gasteiger partial charge in [0.25, 0.3) is 5.91 Å². The molecule has 0 bridgehead atoms. The van der Waals surface area contributed by atoms with Crippen LogP contribution in [0.15, 0.2) is 65.8 Å². The quantitative estimate of drug-likeness (QED) is 0.0938. The molecule has 2 atom stereocenters. The molecule has 0 saturated carbocycles. The molecule has 3 aromatic rings. The molecule has 2 heterocycles. The molecule has 0 spiro atoms. The number of carbonyl (C=O) groups excluding carboxylic acids is 3. The molecule has 0 aromatic heterocycles. The molecule has 2 fully saturated rings. The second-order valence-corrected chi connectivity index (χ2v) is 15.4. The first-order valence-corrected chi connectivity index (χ1v) is 19.9. The van der Waals surface area contributed by atoms with E-state index in [1.54, 1.807) is 72.3 Å². The second kappa shape index (κ2) is 19.9. The van der Waals surface area contributed by atoms with Crippen LogP contribution in [0, 0.1) is 0 Å². The zero-order valence-corrected chi connectivity index (χ0v) is 34.3. The van der Waals surface area contributed by atoms with E-state index in [9.17, 15) is 19.5 Å². The number of halogens is 4. The Morgan fingerprint density at radius 2 is 1.60 bits per heavy atom. The molecule has 296 valence electrons. The summed E-state index contributed by atoms with van der Waals surface area (Å²) in [6.45, 7) is 5.48. The summed E-state index contributed by atoms with van der Waals surface area (Å²) in [4.78, 5) is 53.4. The van der Waals surface area contributed by atoms with Crippen LogP contribution in [0.1, 0.15) is 60.0 Å². The Bertz CT molecular complexity index is 1840. The van der Waals surface area contributed by atoms with E-state index in [-0.39, 0.29) is 47.8 Å². The summed E-state index contributed by atoms with van der Waals surface area (Å²) in [5.74, 6) is -0.811. The molecule has 0 unspecified atom stereocenters. The van der Waals surface area contributed by atoms with Gasteiger partial charge in [-0.2, -0.15) is 0 Å². The first-order chi connectivity index (χ1) is 26.4. The fourth-order valence-electron chi connectivity index (χ4n) is 7.32. The monoisotopic (exact) mass is 833 g/mol. The van der Waals surface area contributed by atoms with Gasteiger partial charge < -0.3 is 34.3 Å². The van der Waals surface area contributed by atoms with Crippen molar-refractivity contribution in [3.63, 3.8) is 0 Å². The first kappa shape index (κ1) is 42.4. The Morgan fingerprint density at radius 1 is 0.927 bits per heavy atom. The van der Waals surface area contributed by atoms with Crippen molar-refractivity contribution >= 4 is 70.0 Å². The standard InChI is InChI=1S/C40H47Cl4N5O6/c1-4-55-39(52)37(22-26-6-10-30(50)11-7-26)49-18-5-17-48(40(49)53)29-14-19-47(20-15-29)21-16-31(27-8-12-32(41)34(43)23-27)36(45-54-3)25-46(2)38(51)28-9-13-33(42)35(44)24-28/h6-13,23-24,29,31,37,50H,4-5,14-22,25H2,1-3H3/b45-36-/t31-,37+/m1/s1. The molecule has 2 aliphatic rings. The molecule has 0 aliphatic carbocycles.